The van der Waals surface area contributed by atoms with Gasteiger partial charge in [-0.1, -0.05) is 42.5 Å². The lowest BCUT2D eigenvalue weighted by Gasteiger charge is -2.12. The summed E-state index contributed by atoms with van der Waals surface area (Å²) in [5, 5.41) is 6.37. The molecular weight excluding hydrogens is 329 g/mol. The molecule has 0 amide bonds. The minimum atomic E-state index is -0.214. The van der Waals surface area contributed by atoms with Crippen LogP contribution in [-0.2, 0) is 24.4 Å². The van der Waals surface area contributed by atoms with E-state index in [0.29, 0.717) is 31.2 Å². The van der Waals surface area contributed by atoms with Crippen molar-refractivity contribution in [3.8, 4) is 0 Å². The number of hydrogen-bond donors (Lipinski definition) is 2. The maximum Gasteiger partial charge on any atom is 0.191 e. The van der Waals surface area contributed by atoms with E-state index in [2.05, 4.69) is 27.8 Å². The highest BCUT2D eigenvalue weighted by Crippen LogP contribution is 2.09. The predicted molar refractivity (Wildman–Crippen MR) is 104 cm³/mol. The molecule has 0 atom stereocenters. The Morgan fingerprint density at radius 3 is 2.58 bits per heavy atom. The van der Waals surface area contributed by atoms with Crippen molar-refractivity contribution in [2.45, 2.75) is 46.6 Å². The molecule has 0 spiro atoms. The number of guanidine groups is 1. The number of benzene rings is 2. The van der Waals surface area contributed by atoms with Crippen LogP contribution in [0.3, 0.4) is 0 Å². The SMILES string of the molecule is CCNC(=NCc1cccc(COC(C)C)c1)NCc1ccccc1F. The lowest BCUT2D eigenvalue weighted by molar-refractivity contribution is 0.0657. The molecule has 2 aromatic rings. The van der Waals surface area contributed by atoms with Crippen molar-refractivity contribution in [1.82, 2.24) is 10.6 Å². The lowest BCUT2D eigenvalue weighted by Crippen LogP contribution is -2.37. The van der Waals surface area contributed by atoms with Crippen LogP contribution in [0.25, 0.3) is 0 Å². The maximum atomic E-state index is 13.7. The summed E-state index contributed by atoms with van der Waals surface area (Å²) >= 11 is 0. The van der Waals surface area contributed by atoms with E-state index < -0.39 is 0 Å². The second-order valence-electron chi connectivity index (χ2n) is 6.32. The summed E-state index contributed by atoms with van der Waals surface area (Å²) in [6.07, 6.45) is 0.208. The fraction of sp³-hybridized carbons (Fsp3) is 0.381. The standard InChI is InChI=1S/C21H28FN3O/c1-4-23-21(25-14-19-10-5-6-11-20(19)22)24-13-17-8-7-9-18(12-17)15-26-16(2)3/h5-12,16H,4,13-15H2,1-3H3,(H2,23,24,25). The van der Waals surface area contributed by atoms with Gasteiger partial charge in [0, 0.05) is 18.7 Å². The Morgan fingerprint density at radius 2 is 1.85 bits per heavy atom. The summed E-state index contributed by atoms with van der Waals surface area (Å²) in [6.45, 7) is 8.33. The average Bonchev–Trinajstić information content (AvgIpc) is 2.64. The maximum absolute atomic E-state index is 13.7. The van der Waals surface area contributed by atoms with Gasteiger partial charge >= 0.3 is 0 Å². The predicted octanol–water partition coefficient (Wildman–Crippen LogP) is 4.01. The molecule has 0 aromatic heterocycles. The first-order valence-electron chi connectivity index (χ1n) is 9.03. The minimum absolute atomic E-state index is 0.208. The first-order chi connectivity index (χ1) is 12.6. The topological polar surface area (TPSA) is 45.7 Å². The van der Waals surface area contributed by atoms with Crippen LogP contribution in [0.2, 0.25) is 0 Å². The first kappa shape index (κ1) is 19.9. The Morgan fingerprint density at radius 1 is 1.08 bits per heavy atom. The van der Waals surface area contributed by atoms with Crippen LogP contribution < -0.4 is 10.6 Å². The van der Waals surface area contributed by atoms with Crippen molar-refractivity contribution < 1.29 is 9.13 Å². The summed E-state index contributed by atoms with van der Waals surface area (Å²) in [4.78, 5) is 4.60. The van der Waals surface area contributed by atoms with Crippen LogP contribution in [0.1, 0.15) is 37.5 Å². The van der Waals surface area contributed by atoms with Crippen molar-refractivity contribution in [2.24, 2.45) is 4.99 Å². The highest BCUT2D eigenvalue weighted by Gasteiger charge is 2.03. The van der Waals surface area contributed by atoms with Crippen LogP contribution >= 0.6 is 0 Å². The Labute approximate surface area is 155 Å². The zero-order valence-electron chi connectivity index (χ0n) is 15.8. The average molecular weight is 357 g/mol. The van der Waals surface area contributed by atoms with E-state index in [0.717, 1.165) is 17.7 Å². The number of halogens is 1. The largest absolute Gasteiger partial charge is 0.374 e. The van der Waals surface area contributed by atoms with E-state index >= 15 is 0 Å². The van der Waals surface area contributed by atoms with Gasteiger partial charge in [0.2, 0.25) is 0 Å². The molecule has 2 aromatic carbocycles. The number of ether oxygens (including phenoxy) is 1. The van der Waals surface area contributed by atoms with Gasteiger partial charge in [0.05, 0.1) is 19.3 Å². The highest BCUT2D eigenvalue weighted by molar-refractivity contribution is 5.79. The number of hydrogen-bond acceptors (Lipinski definition) is 2. The van der Waals surface area contributed by atoms with Crippen molar-refractivity contribution in [3.05, 3.63) is 71.0 Å². The molecule has 0 radical (unpaired) electrons. The molecule has 26 heavy (non-hydrogen) atoms. The Kier molecular flexibility index (Phi) is 8.09. The summed E-state index contributed by atoms with van der Waals surface area (Å²) in [5.41, 5.74) is 2.86. The molecule has 0 aliphatic rings. The molecule has 5 heteroatoms. The fourth-order valence-corrected chi connectivity index (χ4v) is 2.41. The number of nitrogens with zero attached hydrogens (tertiary/aromatic N) is 1. The van der Waals surface area contributed by atoms with Gasteiger partial charge in [-0.25, -0.2) is 9.38 Å². The highest BCUT2D eigenvalue weighted by atomic mass is 19.1. The monoisotopic (exact) mass is 357 g/mol. The third-order valence-corrected chi connectivity index (χ3v) is 3.74. The van der Waals surface area contributed by atoms with Crippen molar-refractivity contribution in [2.75, 3.05) is 6.54 Å². The third-order valence-electron chi connectivity index (χ3n) is 3.74. The summed E-state index contributed by atoms with van der Waals surface area (Å²) in [5.74, 6) is 0.452. The Bertz CT molecular complexity index is 716. The van der Waals surface area contributed by atoms with Crippen LogP contribution in [-0.4, -0.2) is 18.6 Å². The number of nitrogens with one attached hydrogen (secondary N) is 2. The third kappa shape index (κ3) is 6.84. The normalized spacial score (nSPS) is 11.7. The second-order valence-corrected chi connectivity index (χ2v) is 6.32. The minimum Gasteiger partial charge on any atom is -0.374 e. The quantitative estimate of drug-likeness (QED) is 0.554. The number of rotatable bonds is 8. The van der Waals surface area contributed by atoms with Crippen molar-refractivity contribution in [1.29, 1.82) is 0 Å². The van der Waals surface area contributed by atoms with E-state index in [1.807, 2.05) is 39.0 Å². The molecule has 0 saturated carbocycles. The van der Waals surface area contributed by atoms with Gasteiger partial charge in [-0.2, -0.15) is 0 Å². The zero-order chi connectivity index (χ0) is 18.8. The molecule has 140 valence electrons. The van der Waals surface area contributed by atoms with Crippen LogP contribution in [0.15, 0.2) is 53.5 Å². The number of aliphatic imine (C=N–C) groups is 1. The van der Waals surface area contributed by atoms with Gasteiger partial charge in [0.15, 0.2) is 5.96 Å². The van der Waals surface area contributed by atoms with Crippen LogP contribution in [0, 0.1) is 5.82 Å². The van der Waals surface area contributed by atoms with E-state index in [-0.39, 0.29) is 11.9 Å². The molecule has 0 fully saturated rings. The Balaban J connectivity index is 1.97. The summed E-state index contributed by atoms with van der Waals surface area (Å²) in [6, 6.07) is 15.0. The van der Waals surface area contributed by atoms with E-state index in [4.69, 9.17) is 4.74 Å². The molecule has 0 aliphatic heterocycles. The Hall–Kier alpha value is -2.40. The molecule has 0 unspecified atom stereocenters. The van der Waals surface area contributed by atoms with Gasteiger partial charge in [0.25, 0.3) is 0 Å². The van der Waals surface area contributed by atoms with E-state index in [1.54, 1.807) is 12.1 Å². The molecule has 4 nitrogen and oxygen atoms in total. The van der Waals surface area contributed by atoms with E-state index in [9.17, 15) is 4.39 Å². The fourth-order valence-electron chi connectivity index (χ4n) is 2.41. The molecular formula is C21H28FN3O. The van der Waals surface area contributed by atoms with Crippen molar-refractivity contribution in [3.63, 3.8) is 0 Å². The lowest BCUT2D eigenvalue weighted by atomic mass is 10.1. The molecule has 0 aliphatic carbocycles. The van der Waals surface area contributed by atoms with Gasteiger partial charge in [-0.3, -0.25) is 0 Å². The smallest absolute Gasteiger partial charge is 0.191 e. The van der Waals surface area contributed by atoms with Crippen molar-refractivity contribution >= 4 is 5.96 Å². The molecule has 0 saturated heterocycles. The van der Waals surface area contributed by atoms with Gasteiger partial charge in [-0.15, -0.1) is 0 Å². The molecule has 2 N–H and O–H groups in total. The zero-order valence-corrected chi connectivity index (χ0v) is 15.8. The van der Waals surface area contributed by atoms with Gasteiger partial charge in [0.1, 0.15) is 5.82 Å². The summed E-state index contributed by atoms with van der Waals surface area (Å²) in [7, 11) is 0. The molecule has 0 heterocycles. The van der Waals surface area contributed by atoms with E-state index in [1.165, 1.54) is 6.07 Å². The molecule has 0 bridgehead atoms. The first-order valence-corrected chi connectivity index (χ1v) is 9.03. The second kappa shape index (κ2) is 10.6. The summed E-state index contributed by atoms with van der Waals surface area (Å²) < 4.78 is 19.4. The molecule has 2 rings (SSSR count). The van der Waals surface area contributed by atoms with Crippen LogP contribution in [0.4, 0.5) is 4.39 Å². The van der Waals surface area contributed by atoms with Gasteiger partial charge < -0.3 is 15.4 Å². The van der Waals surface area contributed by atoms with Crippen LogP contribution in [0.5, 0.6) is 0 Å². The van der Waals surface area contributed by atoms with Gasteiger partial charge in [-0.05, 0) is 38.0 Å².